The number of benzene rings is 1. The zero-order chi connectivity index (χ0) is 29.6. The summed E-state index contributed by atoms with van der Waals surface area (Å²) in [6.07, 6.45) is -4.89. The molecule has 40 heavy (non-hydrogen) atoms. The van der Waals surface area contributed by atoms with E-state index in [0.29, 0.717) is 23.1 Å². The first kappa shape index (κ1) is 30.3. The van der Waals surface area contributed by atoms with Gasteiger partial charge >= 0.3 is 12.1 Å². The smallest absolute Gasteiger partial charge is 0.417 e. The van der Waals surface area contributed by atoms with Crippen LogP contribution in [0.1, 0.15) is 38.8 Å². The van der Waals surface area contributed by atoms with Crippen molar-refractivity contribution in [1.29, 1.82) is 10.5 Å². The van der Waals surface area contributed by atoms with Crippen LogP contribution in [0.15, 0.2) is 29.3 Å². The van der Waals surface area contributed by atoms with Gasteiger partial charge in [-0.05, 0) is 37.6 Å². The normalized spacial score (nSPS) is 10.8. The Labute approximate surface area is 235 Å². The van der Waals surface area contributed by atoms with Gasteiger partial charge in [0.1, 0.15) is 38.5 Å². The van der Waals surface area contributed by atoms with Gasteiger partial charge in [-0.2, -0.15) is 23.7 Å². The number of ether oxygens (including phenoxy) is 3. The van der Waals surface area contributed by atoms with E-state index in [2.05, 4.69) is 10.3 Å². The van der Waals surface area contributed by atoms with Gasteiger partial charge in [0.2, 0.25) is 5.91 Å². The molecule has 2 aromatic heterocycles. The Hall–Kier alpha value is -4.27. The van der Waals surface area contributed by atoms with Crippen LogP contribution in [-0.2, 0) is 15.7 Å². The molecule has 3 aromatic rings. The zero-order valence-corrected chi connectivity index (χ0v) is 23.2. The van der Waals surface area contributed by atoms with Crippen molar-refractivity contribution in [3.63, 3.8) is 0 Å². The fraction of sp³-hybridized carbons (Fsp3) is 0.269. The number of thiophene rings is 1. The number of carbonyl (C=O) groups is 2. The average molecular weight is 591 g/mol. The maximum Gasteiger partial charge on any atom is 0.417 e. The topological polar surface area (TPSA) is 134 Å². The number of nitriles is 2. The van der Waals surface area contributed by atoms with E-state index < -0.39 is 34.9 Å². The van der Waals surface area contributed by atoms with Crippen molar-refractivity contribution < 1.29 is 37.0 Å². The third kappa shape index (κ3) is 6.47. The van der Waals surface area contributed by atoms with E-state index in [0.717, 1.165) is 17.4 Å². The zero-order valence-electron chi connectivity index (χ0n) is 21.6. The number of anilines is 1. The monoisotopic (exact) mass is 590 g/mol. The molecule has 208 valence electrons. The van der Waals surface area contributed by atoms with Crippen LogP contribution >= 0.6 is 23.1 Å². The summed E-state index contributed by atoms with van der Waals surface area (Å²) in [6.45, 7) is 3.28. The van der Waals surface area contributed by atoms with Crippen molar-refractivity contribution in [2.75, 3.05) is 31.9 Å². The molecule has 0 aliphatic rings. The van der Waals surface area contributed by atoms with Crippen molar-refractivity contribution in [1.82, 2.24) is 4.98 Å². The van der Waals surface area contributed by atoms with Gasteiger partial charge in [0, 0.05) is 11.6 Å². The fourth-order valence-electron chi connectivity index (χ4n) is 3.53. The Morgan fingerprint density at radius 1 is 1.12 bits per heavy atom. The number of halogens is 3. The number of alkyl halides is 3. The summed E-state index contributed by atoms with van der Waals surface area (Å²) in [7, 11) is 2.76. The summed E-state index contributed by atoms with van der Waals surface area (Å²) in [5, 5.41) is 21.4. The third-order valence-corrected chi connectivity index (χ3v) is 7.56. The number of pyridine rings is 1. The van der Waals surface area contributed by atoms with Crippen LogP contribution in [0.25, 0.3) is 11.3 Å². The van der Waals surface area contributed by atoms with Crippen LogP contribution in [0.5, 0.6) is 11.5 Å². The maximum absolute atomic E-state index is 14.0. The molecule has 14 heteroatoms. The van der Waals surface area contributed by atoms with Crippen LogP contribution in [0.3, 0.4) is 0 Å². The summed E-state index contributed by atoms with van der Waals surface area (Å²) in [6, 6.07) is 8.68. The summed E-state index contributed by atoms with van der Waals surface area (Å²) >= 11 is 1.47. The van der Waals surface area contributed by atoms with Crippen molar-refractivity contribution in [2.24, 2.45) is 0 Å². The molecule has 9 nitrogen and oxygen atoms in total. The number of carbonyl (C=O) groups excluding carboxylic acids is 2. The fourth-order valence-corrected chi connectivity index (χ4v) is 5.40. The highest BCUT2D eigenvalue weighted by Gasteiger charge is 2.36. The molecule has 0 saturated carbocycles. The minimum absolute atomic E-state index is 0.0650. The van der Waals surface area contributed by atoms with Gasteiger partial charge < -0.3 is 19.5 Å². The summed E-state index contributed by atoms with van der Waals surface area (Å²) < 4.78 is 57.3. The molecule has 0 aliphatic heterocycles. The minimum Gasteiger partial charge on any atom is -0.497 e. The van der Waals surface area contributed by atoms with Gasteiger partial charge in [-0.3, -0.25) is 4.79 Å². The molecule has 0 unspecified atom stereocenters. The van der Waals surface area contributed by atoms with Crippen molar-refractivity contribution in [3.05, 3.63) is 51.4 Å². The van der Waals surface area contributed by atoms with Crippen molar-refractivity contribution in [3.8, 4) is 34.9 Å². The standard InChI is InChI=1S/C26H21F3N4O5S2/c1-5-38-25(35)22-13(2)16(10-30)24(40-22)33-21(34)12-39-23-17(11-31)18(26(27,28)29)9-19(32-23)15-7-6-14(36-3)8-20(15)37-4/h6-9H,5,12H2,1-4H3,(H,33,34). The largest absolute Gasteiger partial charge is 0.497 e. The van der Waals surface area contributed by atoms with Crippen molar-refractivity contribution >= 4 is 40.0 Å². The number of rotatable bonds is 9. The Morgan fingerprint density at radius 2 is 1.82 bits per heavy atom. The molecular formula is C26H21F3N4O5S2. The Kier molecular flexibility index (Phi) is 9.63. The van der Waals surface area contributed by atoms with E-state index in [9.17, 15) is 33.3 Å². The number of hydrogen-bond acceptors (Lipinski definition) is 10. The van der Waals surface area contributed by atoms with E-state index in [1.807, 2.05) is 6.07 Å². The van der Waals surface area contributed by atoms with E-state index in [1.165, 1.54) is 39.3 Å². The molecule has 1 aromatic carbocycles. The molecule has 3 rings (SSSR count). The van der Waals surface area contributed by atoms with E-state index >= 15 is 0 Å². The molecule has 0 bridgehead atoms. The Balaban J connectivity index is 1.97. The number of nitrogens with zero attached hydrogens (tertiary/aromatic N) is 3. The SMILES string of the molecule is CCOC(=O)c1sc(NC(=O)CSc2nc(-c3ccc(OC)cc3OC)cc(C(F)(F)F)c2C#N)c(C#N)c1C. The average Bonchev–Trinajstić information content (AvgIpc) is 3.24. The lowest BCUT2D eigenvalue weighted by Crippen LogP contribution is -2.15. The molecule has 1 amide bonds. The van der Waals surface area contributed by atoms with Crippen LogP contribution < -0.4 is 14.8 Å². The number of esters is 1. The van der Waals surface area contributed by atoms with Gasteiger partial charge in [-0.25, -0.2) is 9.78 Å². The highest BCUT2D eigenvalue weighted by atomic mass is 32.2. The van der Waals surface area contributed by atoms with Gasteiger partial charge in [0.05, 0.1) is 49.0 Å². The molecule has 0 aliphatic carbocycles. The third-order valence-electron chi connectivity index (χ3n) is 5.40. The van der Waals surface area contributed by atoms with Crippen LogP contribution in [0.2, 0.25) is 0 Å². The molecule has 0 atom stereocenters. The number of thioether (sulfide) groups is 1. The van der Waals surface area contributed by atoms with E-state index in [-0.39, 0.29) is 44.1 Å². The quantitative estimate of drug-likeness (QED) is 0.242. The number of hydrogen-bond donors (Lipinski definition) is 1. The molecule has 0 radical (unpaired) electrons. The molecule has 0 spiro atoms. The second-order valence-electron chi connectivity index (χ2n) is 7.84. The maximum atomic E-state index is 14.0. The minimum atomic E-state index is -4.89. The lowest BCUT2D eigenvalue weighted by atomic mass is 10.0. The first-order valence-corrected chi connectivity index (χ1v) is 13.2. The lowest BCUT2D eigenvalue weighted by molar-refractivity contribution is -0.138. The summed E-state index contributed by atoms with van der Waals surface area (Å²) in [5.74, 6) is -1.19. The summed E-state index contributed by atoms with van der Waals surface area (Å²) in [5.41, 5.74) is -1.48. The first-order valence-electron chi connectivity index (χ1n) is 11.4. The summed E-state index contributed by atoms with van der Waals surface area (Å²) in [4.78, 5) is 29.3. The number of amides is 1. The lowest BCUT2D eigenvalue weighted by Gasteiger charge is -2.16. The molecule has 0 fully saturated rings. The molecule has 0 saturated heterocycles. The molecule has 2 heterocycles. The first-order chi connectivity index (χ1) is 19.0. The highest BCUT2D eigenvalue weighted by Crippen LogP contribution is 2.40. The van der Waals surface area contributed by atoms with Gasteiger partial charge in [-0.1, -0.05) is 11.8 Å². The highest BCUT2D eigenvalue weighted by molar-refractivity contribution is 8.00. The molecular weight excluding hydrogens is 569 g/mol. The Morgan fingerprint density at radius 3 is 2.40 bits per heavy atom. The second-order valence-corrected chi connectivity index (χ2v) is 9.83. The van der Waals surface area contributed by atoms with Gasteiger partial charge in [-0.15, -0.1) is 11.3 Å². The molecule has 1 N–H and O–H groups in total. The van der Waals surface area contributed by atoms with E-state index in [4.69, 9.17) is 14.2 Å². The van der Waals surface area contributed by atoms with E-state index in [1.54, 1.807) is 13.0 Å². The van der Waals surface area contributed by atoms with Gasteiger partial charge in [0.15, 0.2) is 0 Å². The van der Waals surface area contributed by atoms with Crippen LogP contribution in [-0.4, -0.2) is 43.4 Å². The predicted molar refractivity (Wildman–Crippen MR) is 142 cm³/mol. The second kappa shape index (κ2) is 12.7. The Bertz CT molecular complexity index is 1540. The number of aromatic nitrogens is 1. The number of nitrogens with one attached hydrogen (secondary N) is 1. The van der Waals surface area contributed by atoms with Crippen LogP contribution in [0, 0.1) is 29.6 Å². The van der Waals surface area contributed by atoms with Crippen LogP contribution in [0.4, 0.5) is 18.2 Å². The van der Waals surface area contributed by atoms with Gasteiger partial charge in [0.25, 0.3) is 0 Å². The van der Waals surface area contributed by atoms with Crippen molar-refractivity contribution in [2.45, 2.75) is 25.0 Å². The number of methoxy groups -OCH3 is 2. The predicted octanol–water partition coefficient (Wildman–Crippen LogP) is 5.81.